The number of nitrogens with one attached hydrogen (secondary N) is 1. The number of rotatable bonds is 3. The Hall–Kier alpha value is -1.13. The predicted octanol–water partition coefficient (Wildman–Crippen LogP) is 1.13. The number of aromatic nitrogens is 1. The Morgan fingerprint density at radius 2 is 1.88 bits per heavy atom. The van der Waals surface area contributed by atoms with Crippen LogP contribution >= 0.6 is 0 Å². The number of likely N-dealkylation sites (N-methyl/N-ethyl adjacent to an activating group) is 1. The molecule has 1 aromatic heterocycles. The average Bonchev–Trinajstić information content (AvgIpc) is 2.33. The van der Waals surface area contributed by atoms with E-state index in [4.69, 9.17) is 5.73 Å². The lowest BCUT2D eigenvalue weighted by atomic mass is 10.2. The van der Waals surface area contributed by atoms with Crippen LogP contribution in [0.2, 0.25) is 0 Å². The Balaban J connectivity index is 1.84. The third-order valence-electron chi connectivity index (χ3n) is 3.14. The summed E-state index contributed by atoms with van der Waals surface area (Å²) in [4.78, 5) is 8.93. The molecule has 1 aliphatic rings. The summed E-state index contributed by atoms with van der Waals surface area (Å²) in [6.07, 6.45) is 1.81. The van der Waals surface area contributed by atoms with Gasteiger partial charge in [0, 0.05) is 38.9 Å². The Labute approximate surface area is 97.1 Å². The summed E-state index contributed by atoms with van der Waals surface area (Å²) in [6.45, 7) is 8.94. The van der Waals surface area contributed by atoms with Crippen molar-refractivity contribution in [2.24, 2.45) is 0 Å². The number of piperazine rings is 1. The molecule has 16 heavy (non-hydrogen) atoms. The molecule has 2 rings (SSSR count). The van der Waals surface area contributed by atoms with Crippen LogP contribution in [0, 0.1) is 0 Å². The second-order valence-corrected chi connectivity index (χ2v) is 4.26. The number of hydrogen-bond donors (Lipinski definition) is 0. The molecule has 4 nitrogen and oxygen atoms in total. The molecule has 1 radical (unpaired) electrons. The molecule has 1 aromatic rings. The fraction of sp³-hybridized carbons (Fsp3) is 0.583. The van der Waals surface area contributed by atoms with E-state index in [0.29, 0.717) is 5.82 Å². The number of hydrogen-bond acceptors (Lipinski definition) is 3. The molecular formula is C12H19N4. The number of nitrogens with zero attached hydrogens (tertiary/aromatic N) is 3. The highest BCUT2D eigenvalue weighted by molar-refractivity contribution is 5.25. The first-order valence-corrected chi connectivity index (χ1v) is 5.89. The molecule has 87 valence electrons. The molecule has 1 N–H and O–H groups in total. The van der Waals surface area contributed by atoms with Crippen molar-refractivity contribution in [3.05, 3.63) is 23.9 Å². The molecule has 0 bridgehead atoms. The van der Waals surface area contributed by atoms with E-state index < -0.39 is 0 Å². The lowest BCUT2D eigenvalue weighted by Crippen LogP contribution is -2.45. The lowest BCUT2D eigenvalue weighted by Gasteiger charge is -2.33. The van der Waals surface area contributed by atoms with E-state index in [1.54, 1.807) is 6.07 Å². The van der Waals surface area contributed by atoms with E-state index >= 15 is 0 Å². The van der Waals surface area contributed by atoms with Crippen molar-refractivity contribution in [2.75, 3.05) is 32.7 Å². The summed E-state index contributed by atoms with van der Waals surface area (Å²) in [7, 11) is 0. The SMILES string of the molecule is CCN1CCN(Cc2ccc([NH])nc2)CC1. The van der Waals surface area contributed by atoms with Crippen LogP contribution in [0.25, 0.3) is 0 Å². The first kappa shape index (κ1) is 11.4. The van der Waals surface area contributed by atoms with Gasteiger partial charge >= 0.3 is 0 Å². The van der Waals surface area contributed by atoms with Gasteiger partial charge in [-0.1, -0.05) is 13.0 Å². The highest BCUT2D eigenvalue weighted by Crippen LogP contribution is 2.09. The average molecular weight is 219 g/mol. The summed E-state index contributed by atoms with van der Waals surface area (Å²) in [5, 5.41) is 0. The van der Waals surface area contributed by atoms with Gasteiger partial charge in [0.05, 0.1) is 0 Å². The van der Waals surface area contributed by atoms with Gasteiger partial charge in [-0.3, -0.25) is 10.6 Å². The van der Waals surface area contributed by atoms with E-state index in [-0.39, 0.29) is 0 Å². The second kappa shape index (κ2) is 5.27. The van der Waals surface area contributed by atoms with Crippen molar-refractivity contribution in [3.63, 3.8) is 0 Å². The summed E-state index contributed by atoms with van der Waals surface area (Å²) >= 11 is 0. The Bertz CT molecular complexity index is 314. The minimum absolute atomic E-state index is 0.347. The third-order valence-corrected chi connectivity index (χ3v) is 3.14. The normalized spacial score (nSPS) is 18.8. The molecule has 0 atom stereocenters. The molecule has 1 saturated heterocycles. The molecule has 1 fully saturated rings. The van der Waals surface area contributed by atoms with Gasteiger partial charge in [-0.25, -0.2) is 4.98 Å². The Morgan fingerprint density at radius 1 is 1.19 bits per heavy atom. The van der Waals surface area contributed by atoms with Crippen LogP contribution in [0.15, 0.2) is 18.3 Å². The summed E-state index contributed by atoms with van der Waals surface area (Å²) < 4.78 is 0. The van der Waals surface area contributed by atoms with E-state index in [2.05, 4.69) is 21.7 Å². The van der Waals surface area contributed by atoms with E-state index in [0.717, 1.165) is 26.2 Å². The van der Waals surface area contributed by atoms with Crippen molar-refractivity contribution in [1.82, 2.24) is 20.5 Å². The topological polar surface area (TPSA) is 43.2 Å². The molecule has 1 aliphatic heterocycles. The van der Waals surface area contributed by atoms with Crippen LogP contribution in [0.5, 0.6) is 0 Å². The van der Waals surface area contributed by atoms with Crippen molar-refractivity contribution < 1.29 is 0 Å². The van der Waals surface area contributed by atoms with Crippen molar-refractivity contribution >= 4 is 5.82 Å². The molecular weight excluding hydrogens is 200 g/mol. The smallest absolute Gasteiger partial charge is 0.144 e. The predicted molar refractivity (Wildman–Crippen MR) is 64.4 cm³/mol. The molecule has 0 saturated carbocycles. The van der Waals surface area contributed by atoms with Gasteiger partial charge in [-0.15, -0.1) is 0 Å². The van der Waals surface area contributed by atoms with E-state index in [1.165, 1.54) is 18.7 Å². The van der Waals surface area contributed by atoms with Gasteiger partial charge in [0.1, 0.15) is 5.82 Å². The highest BCUT2D eigenvalue weighted by Gasteiger charge is 2.15. The zero-order valence-electron chi connectivity index (χ0n) is 9.82. The zero-order valence-corrected chi connectivity index (χ0v) is 9.82. The van der Waals surface area contributed by atoms with Crippen molar-refractivity contribution in [3.8, 4) is 0 Å². The minimum atomic E-state index is 0.347. The van der Waals surface area contributed by atoms with Gasteiger partial charge < -0.3 is 4.90 Å². The fourth-order valence-electron chi connectivity index (χ4n) is 2.04. The van der Waals surface area contributed by atoms with Gasteiger partial charge in [0.25, 0.3) is 0 Å². The first-order valence-electron chi connectivity index (χ1n) is 5.89. The van der Waals surface area contributed by atoms with Crippen LogP contribution < -0.4 is 5.73 Å². The van der Waals surface area contributed by atoms with Gasteiger partial charge in [0.2, 0.25) is 0 Å². The van der Waals surface area contributed by atoms with Crippen LogP contribution in [0.3, 0.4) is 0 Å². The summed E-state index contributed by atoms with van der Waals surface area (Å²) in [6, 6.07) is 3.76. The quantitative estimate of drug-likeness (QED) is 0.765. The molecule has 4 heteroatoms. The minimum Gasteiger partial charge on any atom is -0.301 e. The molecule has 0 aromatic carbocycles. The molecule has 0 amide bonds. The van der Waals surface area contributed by atoms with Crippen LogP contribution in [-0.4, -0.2) is 47.5 Å². The highest BCUT2D eigenvalue weighted by atomic mass is 15.3. The summed E-state index contributed by atoms with van der Waals surface area (Å²) in [5.41, 5.74) is 8.54. The fourth-order valence-corrected chi connectivity index (χ4v) is 2.04. The standard InChI is InChI=1S/C12H19N4/c1-2-15-5-7-16(8-6-15)10-11-3-4-12(13)14-9-11/h3-4,9,13H,2,5-8,10H2,1H3. The van der Waals surface area contributed by atoms with Crippen LogP contribution in [-0.2, 0) is 6.54 Å². The molecule has 0 spiro atoms. The number of pyridine rings is 1. The molecule has 2 heterocycles. The van der Waals surface area contributed by atoms with Crippen molar-refractivity contribution in [1.29, 1.82) is 0 Å². The van der Waals surface area contributed by atoms with Crippen molar-refractivity contribution in [2.45, 2.75) is 13.5 Å². The maximum Gasteiger partial charge on any atom is 0.144 e. The lowest BCUT2D eigenvalue weighted by molar-refractivity contribution is 0.132. The van der Waals surface area contributed by atoms with E-state index in [1.807, 2.05) is 12.3 Å². The summed E-state index contributed by atoms with van der Waals surface area (Å²) in [5.74, 6) is 0.347. The van der Waals surface area contributed by atoms with Gasteiger partial charge in [-0.2, -0.15) is 0 Å². The Morgan fingerprint density at radius 3 is 2.44 bits per heavy atom. The van der Waals surface area contributed by atoms with Gasteiger partial charge in [-0.05, 0) is 18.2 Å². The Kier molecular flexibility index (Phi) is 3.74. The monoisotopic (exact) mass is 219 g/mol. The van der Waals surface area contributed by atoms with Crippen LogP contribution in [0.1, 0.15) is 12.5 Å². The van der Waals surface area contributed by atoms with E-state index in [9.17, 15) is 0 Å². The van der Waals surface area contributed by atoms with Crippen LogP contribution in [0.4, 0.5) is 5.82 Å². The second-order valence-electron chi connectivity index (χ2n) is 4.26. The van der Waals surface area contributed by atoms with Gasteiger partial charge in [0.15, 0.2) is 0 Å². The maximum absolute atomic E-state index is 7.33. The maximum atomic E-state index is 7.33. The first-order chi connectivity index (χ1) is 7.78. The molecule has 0 unspecified atom stereocenters. The third kappa shape index (κ3) is 2.93. The zero-order chi connectivity index (χ0) is 11.4. The largest absolute Gasteiger partial charge is 0.301 e. The molecule has 0 aliphatic carbocycles.